The first kappa shape index (κ1) is 15.7. The molecule has 0 radical (unpaired) electrons. The van der Waals surface area contributed by atoms with Gasteiger partial charge in [-0.1, -0.05) is 35.0 Å². The van der Waals surface area contributed by atoms with Crippen molar-refractivity contribution in [2.24, 2.45) is 0 Å². The molecule has 1 aromatic carbocycles. The molecule has 2 N–H and O–H groups in total. The van der Waals surface area contributed by atoms with E-state index in [0.717, 1.165) is 11.1 Å². The fraction of sp³-hybridized carbons (Fsp3) is 0.176. The van der Waals surface area contributed by atoms with Gasteiger partial charge in [0.15, 0.2) is 5.82 Å². The molecule has 0 atom stereocenters. The fourth-order valence-corrected chi connectivity index (χ4v) is 2.18. The Labute approximate surface area is 139 Å². The summed E-state index contributed by atoms with van der Waals surface area (Å²) in [7, 11) is 0. The summed E-state index contributed by atoms with van der Waals surface area (Å²) >= 11 is 0. The van der Waals surface area contributed by atoms with Crippen LogP contribution in [0.15, 0.2) is 47.1 Å². The number of aryl methyl sites for hydroxylation is 2. The third kappa shape index (κ3) is 3.95. The first-order chi connectivity index (χ1) is 11.6. The number of aromatic nitrogens is 3. The predicted molar refractivity (Wildman–Crippen MR) is 88.9 cm³/mol. The molecule has 0 unspecified atom stereocenters. The molecule has 2 heterocycles. The average molecular weight is 323 g/mol. The van der Waals surface area contributed by atoms with E-state index < -0.39 is 0 Å². The zero-order valence-electron chi connectivity index (χ0n) is 13.4. The summed E-state index contributed by atoms with van der Waals surface area (Å²) in [5.74, 6) is 1.18. The van der Waals surface area contributed by atoms with E-state index in [1.807, 2.05) is 31.2 Å². The zero-order chi connectivity index (χ0) is 16.9. The van der Waals surface area contributed by atoms with Crippen LogP contribution in [0.3, 0.4) is 0 Å². The van der Waals surface area contributed by atoms with Crippen LogP contribution in [0.1, 0.15) is 27.4 Å². The second kappa shape index (κ2) is 6.91. The minimum Gasteiger partial charge on any atom is -0.360 e. The lowest BCUT2D eigenvalue weighted by molar-refractivity contribution is 0.0946. The topological polar surface area (TPSA) is 92.9 Å². The fourth-order valence-electron chi connectivity index (χ4n) is 2.18. The summed E-state index contributed by atoms with van der Waals surface area (Å²) in [5, 5.41) is 9.54. The largest absolute Gasteiger partial charge is 0.360 e. The maximum absolute atomic E-state index is 12.2. The van der Waals surface area contributed by atoms with E-state index in [9.17, 15) is 4.79 Å². The van der Waals surface area contributed by atoms with Crippen LogP contribution in [0.25, 0.3) is 0 Å². The molecule has 1 amide bonds. The number of benzene rings is 1. The van der Waals surface area contributed by atoms with Crippen molar-refractivity contribution in [2.45, 2.75) is 20.4 Å². The maximum Gasteiger partial charge on any atom is 0.270 e. The standard InChI is InChI=1S/C17H17N5O2/c1-11-4-3-5-13(8-11)10-19-16(23)14-6-7-18-17(20-14)21-15-9-12(2)24-22-15/h3-9H,10H2,1-2H3,(H,19,23)(H,18,20,21,22). The highest BCUT2D eigenvalue weighted by molar-refractivity contribution is 5.92. The molecule has 0 saturated heterocycles. The van der Waals surface area contributed by atoms with Gasteiger partial charge in [0.1, 0.15) is 11.5 Å². The Balaban J connectivity index is 1.65. The lowest BCUT2D eigenvalue weighted by atomic mass is 10.1. The molecule has 7 nitrogen and oxygen atoms in total. The number of hydrogen-bond acceptors (Lipinski definition) is 6. The van der Waals surface area contributed by atoms with Gasteiger partial charge in [0.05, 0.1) is 0 Å². The Morgan fingerprint density at radius 3 is 2.83 bits per heavy atom. The maximum atomic E-state index is 12.2. The van der Waals surface area contributed by atoms with E-state index in [0.29, 0.717) is 18.1 Å². The number of rotatable bonds is 5. The molecule has 0 aliphatic heterocycles. The molecule has 24 heavy (non-hydrogen) atoms. The zero-order valence-corrected chi connectivity index (χ0v) is 13.4. The van der Waals surface area contributed by atoms with Crippen LogP contribution in [-0.2, 0) is 6.54 Å². The first-order valence-corrected chi connectivity index (χ1v) is 7.47. The quantitative estimate of drug-likeness (QED) is 0.750. The van der Waals surface area contributed by atoms with Gasteiger partial charge in [-0.3, -0.25) is 4.79 Å². The summed E-state index contributed by atoms with van der Waals surface area (Å²) in [6.07, 6.45) is 1.52. The van der Waals surface area contributed by atoms with Gasteiger partial charge in [-0.05, 0) is 25.5 Å². The summed E-state index contributed by atoms with van der Waals surface area (Å²) in [6.45, 7) is 4.24. The van der Waals surface area contributed by atoms with Crippen molar-refractivity contribution in [3.05, 3.63) is 65.2 Å². The third-order valence-corrected chi connectivity index (χ3v) is 3.29. The SMILES string of the molecule is Cc1cccc(CNC(=O)c2ccnc(Nc3cc(C)on3)n2)c1. The summed E-state index contributed by atoms with van der Waals surface area (Å²) < 4.78 is 4.96. The van der Waals surface area contributed by atoms with Gasteiger partial charge < -0.3 is 15.2 Å². The molecule has 0 saturated carbocycles. The molecule has 122 valence electrons. The van der Waals surface area contributed by atoms with Crippen LogP contribution in [0.5, 0.6) is 0 Å². The van der Waals surface area contributed by atoms with Crippen LogP contribution in [0.4, 0.5) is 11.8 Å². The average Bonchev–Trinajstić information content (AvgIpc) is 2.98. The van der Waals surface area contributed by atoms with Gasteiger partial charge in [0, 0.05) is 18.8 Å². The van der Waals surface area contributed by atoms with E-state index in [4.69, 9.17) is 4.52 Å². The third-order valence-electron chi connectivity index (χ3n) is 3.29. The Kier molecular flexibility index (Phi) is 4.51. The molecule has 3 rings (SSSR count). The van der Waals surface area contributed by atoms with Crippen LogP contribution in [0, 0.1) is 13.8 Å². The molecule has 0 aliphatic rings. The van der Waals surface area contributed by atoms with E-state index in [1.54, 1.807) is 19.1 Å². The van der Waals surface area contributed by atoms with Gasteiger partial charge in [-0.25, -0.2) is 9.97 Å². The van der Waals surface area contributed by atoms with Crippen molar-refractivity contribution >= 4 is 17.7 Å². The number of amides is 1. The van der Waals surface area contributed by atoms with Crippen molar-refractivity contribution in [3.63, 3.8) is 0 Å². The Morgan fingerprint density at radius 1 is 1.21 bits per heavy atom. The van der Waals surface area contributed by atoms with E-state index in [2.05, 4.69) is 25.8 Å². The molecule has 3 aromatic rings. The smallest absolute Gasteiger partial charge is 0.270 e. The second-order valence-corrected chi connectivity index (χ2v) is 5.39. The monoisotopic (exact) mass is 323 g/mol. The number of nitrogens with zero attached hydrogens (tertiary/aromatic N) is 3. The lowest BCUT2D eigenvalue weighted by Gasteiger charge is -2.07. The van der Waals surface area contributed by atoms with Crippen molar-refractivity contribution < 1.29 is 9.32 Å². The van der Waals surface area contributed by atoms with E-state index >= 15 is 0 Å². The minimum absolute atomic E-state index is 0.265. The van der Waals surface area contributed by atoms with Gasteiger partial charge in [0.2, 0.25) is 5.95 Å². The highest BCUT2D eigenvalue weighted by Crippen LogP contribution is 2.12. The molecular weight excluding hydrogens is 306 g/mol. The molecule has 0 bridgehead atoms. The summed E-state index contributed by atoms with van der Waals surface area (Å²) in [6, 6.07) is 11.2. The van der Waals surface area contributed by atoms with Gasteiger partial charge in [-0.2, -0.15) is 0 Å². The van der Waals surface area contributed by atoms with Crippen molar-refractivity contribution in [1.29, 1.82) is 0 Å². The predicted octanol–water partition coefficient (Wildman–Crippen LogP) is 2.76. The number of hydrogen-bond donors (Lipinski definition) is 2. The van der Waals surface area contributed by atoms with Crippen molar-refractivity contribution in [2.75, 3.05) is 5.32 Å². The van der Waals surface area contributed by atoms with Crippen molar-refractivity contribution in [1.82, 2.24) is 20.4 Å². The normalized spacial score (nSPS) is 10.4. The molecule has 2 aromatic heterocycles. The van der Waals surface area contributed by atoms with Crippen LogP contribution < -0.4 is 10.6 Å². The van der Waals surface area contributed by atoms with Crippen molar-refractivity contribution in [3.8, 4) is 0 Å². The highest BCUT2D eigenvalue weighted by Gasteiger charge is 2.10. The van der Waals surface area contributed by atoms with Crippen LogP contribution >= 0.6 is 0 Å². The van der Waals surface area contributed by atoms with Crippen LogP contribution in [-0.4, -0.2) is 21.0 Å². The molecule has 7 heteroatoms. The van der Waals surface area contributed by atoms with Crippen LogP contribution in [0.2, 0.25) is 0 Å². The second-order valence-electron chi connectivity index (χ2n) is 5.39. The Bertz CT molecular complexity index is 859. The molecular formula is C17H17N5O2. The Hall–Kier alpha value is -3.22. The van der Waals surface area contributed by atoms with Gasteiger partial charge in [-0.15, -0.1) is 0 Å². The lowest BCUT2D eigenvalue weighted by Crippen LogP contribution is -2.24. The number of anilines is 2. The highest BCUT2D eigenvalue weighted by atomic mass is 16.5. The molecule has 0 aliphatic carbocycles. The molecule has 0 fully saturated rings. The summed E-state index contributed by atoms with van der Waals surface area (Å²) in [4.78, 5) is 20.5. The van der Waals surface area contributed by atoms with Gasteiger partial charge >= 0.3 is 0 Å². The number of carbonyl (C=O) groups excluding carboxylic acids is 1. The number of carbonyl (C=O) groups is 1. The number of nitrogens with one attached hydrogen (secondary N) is 2. The van der Waals surface area contributed by atoms with Gasteiger partial charge in [0.25, 0.3) is 5.91 Å². The molecule has 0 spiro atoms. The minimum atomic E-state index is -0.265. The van der Waals surface area contributed by atoms with E-state index in [1.165, 1.54) is 6.20 Å². The first-order valence-electron chi connectivity index (χ1n) is 7.47. The summed E-state index contributed by atoms with van der Waals surface area (Å²) in [5.41, 5.74) is 2.47. The van der Waals surface area contributed by atoms with E-state index in [-0.39, 0.29) is 17.5 Å². The Morgan fingerprint density at radius 2 is 2.08 bits per heavy atom.